The van der Waals surface area contributed by atoms with Gasteiger partial charge in [-0.2, -0.15) is 4.67 Å². The Morgan fingerprint density at radius 3 is 2.88 bits per heavy atom. The minimum Gasteiger partial charge on any atom is -0.240 e. The Labute approximate surface area is 98.9 Å². The Balaban J connectivity index is 2.62. The molecule has 3 atom stereocenters. The molecule has 2 heteroatoms. The van der Waals surface area contributed by atoms with Crippen LogP contribution in [0.2, 0.25) is 0 Å². The third-order valence-electron chi connectivity index (χ3n) is 3.82. The molecule has 0 aromatic rings. The molecule has 1 N–H and O–H groups in total. The second-order valence-corrected chi connectivity index (χ2v) is 4.62. The van der Waals surface area contributed by atoms with Gasteiger partial charge in [-0.1, -0.05) is 26.8 Å². The lowest BCUT2D eigenvalue weighted by molar-refractivity contribution is 0.126. The SMILES string of the molecule is C=CNC=[N+]=C=C(C)C(C)C1CCC1CC. The number of rotatable bonds is 5. The highest BCUT2D eigenvalue weighted by Crippen LogP contribution is 2.43. The Kier molecular flexibility index (Phi) is 5.11. The summed E-state index contributed by atoms with van der Waals surface area (Å²) in [4.78, 5) is 0. The largest absolute Gasteiger partial charge is 0.347 e. The van der Waals surface area contributed by atoms with E-state index in [2.05, 4.69) is 43.2 Å². The van der Waals surface area contributed by atoms with E-state index in [0.29, 0.717) is 5.92 Å². The molecule has 0 aromatic carbocycles. The van der Waals surface area contributed by atoms with Crippen molar-refractivity contribution in [2.45, 2.75) is 40.0 Å². The minimum absolute atomic E-state index is 0.611. The topological polar surface area (TPSA) is 26.1 Å². The van der Waals surface area contributed by atoms with Gasteiger partial charge >= 0.3 is 6.34 Å². The first-order chi connectivity index (χ1) is 7.70. The smallest absolute Gasteiger partial charge is 0.240 e. The Bertz CT molecular complexity index is 329. The summed E-state index contributed by atoms with van der Waals surface area (Å²) >= 11 is 0. The normalized spacial score (nSPS) is 24.4. The molecule has 16 heavy (non-hydrogen) atoms. The van der Waals surface area contributed by atoms with Gasteiger partial charge in [0.25, 0.3) is 0 Å². The molecule has 1 aliphatic rings. The molecule has 0 bridgehead atoms. The zero-order valence-corrected chi connectivity index (χ0v) is 10.7. The highest BCUT2D eigenvalue weighted by atomic mass is 14.9. The first kappa shape index (κ1) is 12.8. The summed E-state index contributed by atoms with van der Waals surface area (Å²) in [6.45, 7) is 10.3. The third-order valence-corrected chi connectivity index (χ3v) is 3.82. The Morgan fingerprint density at radius 1 is 1.62 bits per heavy atom. The molecule has 0 spiro atoms. The minimum atomic E-state index is 0.611. The number of hydrogen-bond donors (Lipinski definition) is 1. The molecule has 1 rings (SSSR count). The zero-order chi connectivity index (χ0) is 12.0. The van der Waals surface area contributed by atoms with E-state index in [0.717, 1.165) is 11.8 Å². The van der Waals surface area contributed by atoms with Crippen LogP contribution < -0.4 is 9.98 Å². The molecule has 88 valence electrons. The van der Waals surface area contributed by atoms with Crippen LogP contribution in [0.25, 0.3) is 0 Å². The lowest BCUT2D eigenvalue weighted by Gasteiger charge is -2.40. The summed E-state index contributed by atoms with van der Waals surface area (Å²) in [7, 11) is 0. The van der Waals surface area contributed by atoms with Crippen LogP contribution in [0.4, 0.5) is 0 Å². The van der Waals surface area contributed by atoms with Gasteiger partial charge in [0, 0.05) is 5.57 Å². The standard InChI is InChI=1S/C14H22N2/c1-5-13-7-8-14(13)12(4)11(3)9-16-10-15-6-2/h6,10,12-14H,2,5,7-8H2,1,3-4H3/p+1. The van der Waals surface area contributed by atoms with Crippen molar-refractivity contribution in [3.05, 3.63) is 18.4 Å². The molecule has 1 saturated carbocycles. The van der Waals surface area contributed by atoms with E-state index in [1.165, 1.54) is 24.8 Å². The fourth-order valence-electron chi connectivity index (χ4n) is 2.41. The molecule has 3 unspecified atom stereocenters. The number of hydrogen-bond acceptors (Lipinski definition) is 0. The van der Waals surface area contributed by atoms with Crippen LogP contribution in [0, 0.1) is 17.8 Å². The molecule has 0 heterocycles. The van der Waals surface area contributed by atoms with Crippen LogP contribution >= 0.6 is 0 Å². The van der Waals surface area contributed by atoms with Gasteiger partial charge in [-0.15, -0.1) is 0 Å². The molecule has 1 fully saturated rings. The molecule has 0 amide bonds. The van der Waals surface area contributed by atoms with Crippen LogP contribution in [0.3, 0.4) is 0 Å². The first-order valence-corrected chi connectivity index (χ1v) is 6.18. The maximum atomic E-state index is 4.08. The van der Waals surface area contributed by atoms with Crippen LogP contribution in [0.15, 0.2) is 18.4 Å². The Morgan fingerprint density at radius 2 is 2.38 bits per heavy atom. The van der Waals surface area contributed by atoms with E-state index in [-0.39, 0.29) is 0 Å². The molecule has 2 nitrogen and oxygen atoms in total. The fourth-order valence-corrected chi connectivity index (χ4v) is 2.41. The van der Waals surface area contributed by atoms with Gasteiger partial charge in [-0.25, -0.2) is 5.32 Å². The van der Waals surface area contributed by atoms with Crippen molar-refractivity contribution >= 4 is 12.2 Å². The summed E-state index contributed by atoms with van der Waals surface area (Å²) in [5.41, 5.74) is 1.25. The van der Waals surface area contributed by atoms with Crippen molar-refractivity contribution < 1.29 is 0 Å². The van der Waals surface area contributed by atoms with E-state index in [9.17, 15) is 0 Å². The molecule has 0 saturated heterocycles. The van der Waals surface area contributed by atoms with Gasteiger partial charge < -0.3 is 0 Å². The Hall–Kier alpha value is -1.23. The number of allylic oxidation sites excluding steroid dienone is 1. The fraction of sp³-hybridized carbons (Fsp3) is 0.643. The number of nitrogens with one attached hydrogen (secondary N) is 1. The van der Waals surface area contributed by atoms with Crippen molar-refractivity contribution in [3.63, 3.8) is 0 Å². The van der Waals surface area contributed by atoms with Crippen LogP contribution in [0.5, 0.6) is 0 Å². The summed E-state index contributed by atoms with van der Waals surface area (Å²) in [6, 6.07) is 0. The molecular weight excluding hydrogens is 196 g/mol. The highest BCUT2D eigenvalue weighted by molar-refractivity contribution is 5.64. The van der Waals surface area contributed by atoms with E-state index >= 15 is 0 Å². The van der Waals surface area contributed by atoms with Gasteiger partial charge in [0.05, 0.1) is 6.20 Å². The van der Waals surface area contributed by atoms with Gasteiger partial charge in [0.2, 0.25) is 0 Å². The van der Waals surface area contributed by atoms with E-state index in [4.69, 9.17) is 0 Å². The third kappa shape index (κ3) is 3.13. The van der Waals surface area contributed by atoms with Gasteiger partial charge in [-0.3, -0.25) is 0 Å². The predicted octanol–water partition coefficient (Wildman–Crippen LogP) is 2.50. The molecule has 0 radical (unpaired) electrons. The first-order valence-electron chi connectivity index (χ1n) is 6.18. The molecular formula is C14H23N2+. The van der Waals surface area contributed by atoms with Gasteiger partial charge in [0.15, 0.2) is 5.87 Å². The van der Waals surface area contributed by atoms with Crippen molar-refractivity contribution in [2.24, 2.45) is 17.8 Å². The van der Waals surface area contributed by atoms with Crippen LogP contribution in [-0.2, 0) is 0 Å². The monoisotopic (exact) mass is 219 g/mol. The predicted molar refractivity (Wildman–Crippen MR) is 71.4 cm³/mol. The van der Waals surface area contributed by atoms with Crippen LogP contribution in [0.1, 0.15) is 40.0 Å². The lowest BCUT2D eigenvalue weighted by atomic mass is 9.65. The number of nitrogens with zero attached hydrogens (tertiary/aromatic N) is 1. The van der Waals surface area contributed by atoms with Gasteiger partial charge in [0.1, 0.15) is 0 Å². The summed E-state index contributed by atoms with van der Waals surface area (Å²) in [6.07, 6.45) is 7.29. The van der Waals surface area contributed by atoms with Crippen molar-refractivity contribution in [1.82, 2.24) is 9.98 Å². The van der Waals surface area contributed by atoms with Crippen molar-refractivity contribution in [2.75, 3.05) is 0 Å². The average Bonchev–Trinajstić information content (AvgIpc) is 2.23. The van der Waals surface area contributed by atoms with E-state index in [1.54, 1.807) is 12.5 Å². The highest BCUT2D eigenvalue weighted by Gasteiger charge is 2.34. The van der Waals surface area contributed by atoms with E-state index in [1.807, 2.05) is 0 Å². The summed E-state index contributed by atoms with van der Waals surface area (Å²) in [5.74, 6) is 5.46. The molecule has 0 aliphatic heterocycles. The zero-order valence-electron chi connectivity index (χ0n) is 10.7. The van der Waals surface area contributed by atoms with Gasteiger partial charge in [-0.05, 0) is 37.5 Å². The van der Waals surface area contributed by atoms with Crippen molar-refractivity contribution in [3.8, 4) is 0 Å². The molecule has 0 aromatic heterocycles. The maximum Gasteiger partial charge on any atom is 0.347 e. The quantitative estimate of drug-likeness (QED) is 0.429. The van der Waals surface area contributed by atoms with Crippen LogP contribution in [-0.4, -0.2) is 12.2 Å². The summed E-state index contributed by atoms with van der Waals surface area (Å²) in [5, 5.41) is 2.82. The second-order valence-electron chi connectivity index (χ2n) is 4.62. The maximum absolute atomic E-state index is 4.08. The average molecular weight is 219 g/mol. The lowest BCUT2D eigenvalue weighted by Crippen LogP contribution is -2.31. The van der Waals surface area contributed by atoms with E-state index < -0.39 is 0 Å². The molecule has 1 aliphatic carbocycles. The second kappa shape index (κ2) is 6.37. The van der Waals surface area contributed by atoms with Crippen molar-refractivity contribution in [1.29, 1.82) is 0 Å². The summed E-state index contributed by atoms with van der Waals surface area (Å²) < 4.78 is 4.08.